The van der Waals surface area contributed by atoms with Crippen LogP contribution >= 0.6 is 15.9 Å². The van der Waals surface area contributed by atoms with Crippen molar-refractivity contribution in [3.8, 4) is 5.75 Å². The van der Waals surface area contributed by atoms with Gasteiger partial charge in [-0.05, 0) is 54.1 Å². The first-order valence-corrected chi connectivity index (χ1v) is 11.1. The van der Waals surface area contributed by atoms with Crippen molar-refractivity contribution in [3.63, 3.8) is 0 Å². The number of pyridine rings is 1. The number of anilines is 3. The Balaban J connectivity index is 1.52. The van der Waals surface area contributed by atoms with E-state index in [0.29, 0.717) is 29.5 Å². The summed E-state index contributed by atoms with van der Waals surface area (Å²) in [4.78, 5) is 28.3. The Morgan fingerprint density at radius 1 is 1.00 bits per heavy atom. The van der Waals surface area contributed by atoms with Crippen molar-refractivity contribution in [2.75, 3.05) is 30.2 Å². The van der Waals surface area contributed by atoms with Crippen molar-refractivity contribution < 1.29 is 19.1 Å². The van der Waals surface area contributed by atoms with Crippen LogP contribution in [0, 0.1) is 0 Å². The van der Waals surface area contributed by atoms with Gasteiger partial charge in [-0.25, -0.2) is 14.6 Å². The second-order valence-electron chi connectivity index (χ2n) is 7.27. The lowest BCUT2D eigenvalue weighted by molar-refractivity contribution is 0.187. The monoisotopic (exact) mass is 523 g/mol. The molecule has 2 aromatic heterocycles. The number of nitrogens with one attached hydrogen (secondary N) is 3. The summed E-state index contributed by atoms with van der Waals surface area (Å²) in [6.07, 6.45) is 2.99. The van der Waals surface area contributed by atoms with E-state index in [4.69, 9.17) is 4.74 Å². The first-order chi connectivity index (χ1) is 16.5. The standard InChI is InChI=1S/C24H22BrN5O4/c1-33-21-7-6-16(25)13-19(21)28-23(31)27-18-4-3-5-20-17(18)9-11-30(20)14-15-8-10-26-22(12-15)29-24(32)34-2/h3-13H,14H2,1-2H3,(H,26,29,32)(H2,27,28,31). The molecule has 0 aliphatic carbocycles. The molecule has 0 atom stereocenters. The summed E-state index contributed by atoms with van der Waals surface area (Å²) < 4.78 is 12.8. The van der Waals surface area contributed by atoms with Crippen LogP contribution in [0.4, 0.5) is 26.8 Å². The van der Waals surface area contributed by atoms with Gasteiger partial charge in [0.1, 0.15) is 11.6 Å². The second-order valence-corrected chi connectivity index (χ2v) is 8.19. The zero-order valence-corrected chi connectivity index (χ0v) is 20.0. The van der Waals surface area contributed by atoms with Crippen LogP contribution in [-0.2, 0) is 11.3 Å². The van der Waals surface area contributed by atoms with Gasteiger partial charge < -0.3 is 24.7 Å². The van der Waals surface area contributed by atoms with Gasteiger partial charge in [0.25, 0.3) is 0 Å². The number of hydrogen-bond acceptors (Lipinski definition) is 5. The van der Waals surface area contributed by atoms with Crippen molar-refractivity contribution in [2.45, 2.75) is 6.54 Å². The molecule has 4 rings (SSSR count). The molecule has 0 spiro atoms. The summed E-state index contributed by atoms with van der Waals surface area (Å²) in [6, 6.07) is 16.3. The number of benzene rings is 2. The minimum absolute atomic E-state index is 0.385. The lowest BCUT2D eigenvalue weighted by atomic mass is 10.2. The Hall–Kier alpha value is -4.05. The molecular weight excluding hydrogens is 502 g/mol. The molecule has 2 aromatic carbocycles. The molecule has 0 saturated heterocycles. The van der Waals surface area contributed by atoms with Gasteiger partial charge >= 0.3 is 12.1 Å². The summed E-state index contributed by atoms with van der Waals surface area (Å²) in [5.41, 5.74) is 3.10. The van der Waals surface area contributed by atoms with Crippen molar-refractivity contribution >= 4 is 56.1 Å². The number of aromatic nitrogens is 2. The highest BCUT2D eigenvalue weighted by Crippen LogP contribution is 2.29. The van der Waals surface area contributed by atoms with Crippen LogP contribution in [0.15, 0.2) is 71.5 Å². The Bertz CT molecular complexity index is 1350. The maximum atomic E-state index is 12.7. The minimum atomic E-state index is -0.578. The average molecular weight is 524 g/mol. The average Bonchev–Trinajstić information content (AvgIpc) is 3.23. The van der Waals surface area contributed by atoms with Gasteiger partial charge in [-0.15, -0.1) is 0 Å². The molecule has 4 aromatic rings. The fourth-order valence-corrected chi connectivity index (χ4v) is 3.88. The second kappa shape index (κ2) is 10.3. The van der Waals surface area contributed by atoms with Crippen LogP contribution in [0.2, 0.25) is 0 Å². The first-order valence-electron chi connectivity index (χ1n) is 10.3. The van der Waals surface area contributed by atoms with E-state index in [1.165, 1.54) is 7.11 Å². The Morgan fingerprint density at radius 3 is 2.62 bits per heavy atom. The molecule has 34 heavy (non-hydrogen) atoms. The fourth-order valence-electron chi connectivity index (χ4n) is 3.52. The van der Waals surface area contributed by atoms with Crippen LogP contribution in [0.1, 0.15) is 5.56 Å². The number of methoxy groups -OCH3 is 2. The summed E-state index contributed by atoms with van der Waals surface area (Å²) in [5, 5.41) is 9.19. The molecule has 3 amide bonds. The quantitative estimate of drug-likeness (QED) is 0.301. The first kappa shape index (κ1) is 23.1. The normalized spacial score (nSPS) is 10.6. The number of rotatable bonds is 6. The van der Waals surface area contributed by atoms with Crippen LogP contribution in [-0.4, -0.2) is 35.9 Å². The third-order valence-corrected chi connectivity index (χ3v) is 5.56. The largest absolute Gasteiger partial charge is 0.495 e. The van der Waals surface area contributed by atoms with Crippen molar-refractivity contribution in [1.29, 1.82) is 0 Å². The van der Waals surface area contributed by atoms with Gasteiger partial charge in [0.2, 0.25) is 0 Å². The summed E-state index contributed by atoms with van der Waals surface area (Å²) in [6.45, 7) is 0.548. The molecule has 174 valence electrons. The Labute approximate surface area is 204 Å². The van der Waals surface area contributed by atoms with Gasteiger partial charge in [0, 0.05) is 28.8 Å². The minimum Gasteiger partial charge on any atom is -0.495 e. The number of nitrogens with zero attached hydrogens (tertiary/aromatic N) is 2. The molecule has 10 heteroatoms. The molecule has 0 aliphatic heterocycles. The van der Waals surface area contributed by atoms with Crippen LogP contribution in [0.5, 0.6) is 5.75 Å². The number of hydrogen-bond donors (Lipinski definition) is 3. The number of fused-ring (bicyclic) bond motifs is 1. The van der Waals surface area contributed by atoms with E-state index in [0.717, 1.165) is 20.9 Å². The zero-order valence-electron chi connectivity index (χ0n) is 18.5. The number of carbonyl (C=O) groups excluding carboxylic acids is 2. The molecule has 0 saturated carbocycles. The van der Waals surface area contributed by atoms with E-state index >= 15 is 0 Å². The number of carbonyl (C=O) groups is 2. The highest BCUT2D eigenvalue weighted by molar-refractivity contribution is 9.10. The number of ether oxygens (including phenoxy) is 2. The molecule has 0 unspecified atom stereocenters. The van der Waals surface area contributed by atoms with E-state index in [2.05, 4.69) is 41.6 Å². The van der Waals surface area contributed by atoms with Crippen molar-refractivity contribution in [1.82, 2.24) is 9.55 Å². The number of urea groups is 1. The Kier molecular flexibility index (Phi) is 6.98. The van der Waals surface area contributed by atoms with Crippen LogP contribution < -0.4 is 20.7 Å². The van der Waals surface area contributed by atoms with E-state index in [9.17, 15) is 9.59 Å². The van der Waals surface area contributed by atoms with Crippen LogP contribution in [0.3, 0.4) is 0 Å². The third kappa shape index (κ3) is 5.29. The van der Waals surface area contributed by atoms with E-state index in [-0.39, 0.29) is 6.03 Å². The highest BCUT2D eigenvalue weighted by Gasteiger charge is 2.12. The van der Waals surface area contributed by atoms with Crippen molar-refractivity contribution in [2.24, 2.45) is 0 Å². The van der Waals surface area contributed by atoms with Gasteiger partial charge in [0.15, 0.2) is 0 Å². The van der Waals surface area contributed by atoms with E-state index in [1.54, 1.807) is 31.5 Å². The molecular formula is C24H22BrN5O4. The predicted octanol–water partition coefficient (Wildman–Crippen LogP) is 5.68. The predicted molar refractivity (Wildman–Crippen MR) is 135 cm³/mol. The summed E-state index contributed by atoms with van der Waals surface area (Å²) in [7, 11) is 2.85. The van der Waals surface area contributed by atoms with Gasteiger partial charge in [0.05, 0.1) is 31.1 Å². The molecule has 0 fully saturated rings. The fraction of sp³-hybridized carbons (Fsp3) is 0.125. The number of amides is 3. The van der Waals surface area contributed by atoms with E-state index in [1.807, 2.05) is 47.2 Å². The lowest BCUT2D eigenvalue weighted by Crippen LogP contribution is -2.20. The van der Waals surface area contributed by atoms with Gasteiger partial charge in [-0.2, -0.15) is 0 Å². The SMILES string of the molecule is COC(=O)Nc1cc(Cn2ccc3c(NC(=O)Nc4cc(Br)ccc4OC)cccc32)ccn1. The van der Waals surface area contributed by atoms with E-state index < -0.39 is 6.09 Å². The molecule has 0 radical (unpaired) electrons. The molecule has 0 aliphatic rings. The maximum absolute atomic E-state index is 12.7. The van der Waals surface area contributed by atoms with Gasteiger partial charge in [-0.1, -0.05) is 22.0 Å². The zero-order chi connectivity index (χ0) is 24.1. The Morgan fingerprint density at radius 2 is 1.82 bits per heavy atom. The molecule has 0 bridgehead atoms. The van der Waals surface area contributed by atoms with Crippen LogP contribution in [0.25, 0.3) is 10.9 Å². The van der Waals surface area contributed by atoms with Crippen molar-refractivity contribution in [3.05, 3.63) is 77.0 Å². The third-order valence-electron chi connectivity index (χ3n) is 5.06. The summed E-state index contributed by atoms with van der Waals surface area (Å²) >= 11 is 3.40. The summed E-state index contributed by atoms with van der Waals surface area (Å²) in [5.74, 6) is 0.962. The smallest absolute Gasteiger partial charge is 0.412 e. The molecule has 2 heterocycles. The maximum Gasteiger partial charge on any atom is 0.412 e. The number of halogens is 1. The molecule has 3 N–H and O–H groups in total. The lowest BCUT2D eigenvalue weighted by Gasteiger charge is -2.13. The molecule has 9 nitrogen and oxygen atoms in total. The topological polar surface area (TPSA) is 107 Å². The highest BCUT2D eigenvalue weighted by atomic mass is 79.9. The van der Waals surface area contributed by atoms with Gasteiger partial charge in [-0.3, -0.25) is 5.32 Å².